The number of nitrogens with one attached hydrogen (secondary N) is 1. The van der Waals surface area contributed by atoms with Crippen LogP contribution in [-0.4, -0.2) is 5.91 Å². The van der Waals surface area contributed by atoms with Crippen molar-refractivity contribution < 1.29 is 13.6 Å². The first-order valence-electron chi connectivity index (χ1n) is 7.55. The first-order valence-corrected chi connectivity index (χ1v) is 7.55. The molecule has 4 rings (SSSR count). The van der Waals surface area contributed by atoms with Crippen LogP contribution in [0.15, 0.2) is 22.6 Å². The van der Waals surface area contributed by atoms with Gasteiger partial charge in [0.2, 0.25) is 0 Å². The predicted octanol–water partition coefficient (Wildman–Crippen LogP) is 3.66. The molecule has 0 atom stereocenters. The van der Waals surface area contributed by atoms with E-state index in [4.69, 9.17) is 4.42 Å². The number of hydrogen-bond acceptors (Lipinski definition) is 3. The molecule has 1 N–H and O–H groups in total. The Hall–Kier alpha value is -2.87. The summed E-state index contributed by atoms with van der Waals surface area (Å²) in [4.78, 5) is 12.2. The maximum atomic E-state index is 13.5. The number of carbonyl (C=O) groups is 1. The van der Waals surface area contributed by atoms with Gasteiger partial charge in [0, 0.05) is 23.2 Å². The van der Waals surface area contributed by atoms with Gasteiger partial charge in [-0.3, -0.25) is 4.79 Å². The van der Waals surface area contributed by atoms with E-state index in [9.17, 15) is 14.4 Å². The van der Waals surface area contributed by atoms with Crippen LogP contribution in [0.3, 0.4) is 0 Å². The van der Waals surface area contributed by atoms with E-state index in [1.165, 1.54) is 18.2 Å². The SMILES string of the molecule is N#Cc1c(C=C2C(=O)Nc3ccc(F)cc32)oc2c1CCCC2. The van der Waals surface area contributed by atoms with Crippen molar-refractivity contribution in [3.8, 4) is 6.07 Å². The van der Waals surface area contributed by atoms with Crippen LogP contribution in [0.1, 0.15) is 41.1 Å². The van der Waals surface area contributed by atoms with Crippen molar-refractivity contribution in [2.24, 2.45) is 0 Å². The Morgan fingerprint density at radius 2 is 2.13 bits per heavy atom. The van der Waals surface area contributed by atoms with Gasteiger partial charge in [-0.05, 0) is 43.5 Å². The Balaban J connectivity index is 1.86. The van der Waals surface area contributed by atoms with Crippen LogP contribution in [0.25, 0.3) is 11.6 Å². The second kappa shape index (κ2) is 5.10. The maximum Gasteiger partial charge on any atom is 0.256 e. The minimum Gasteiger partial charge on any atom is -0.460 e. The molecule has 1 aromatic heterocycles. The fourth-order valence-corrected chi connectivity index (χ4v) is 3.25. The summed E-state index contributed by atoms with van der Waals surface area (Å²) in [5, 5.41) is 12.1. The van der Waals surface area contributed by atoms with Crippen LogP contribution >= 0.6 is 0 Å². The van der Waals surface area contributed by atoms with Gasteiger partial charge in [-0.25, -0.2) is 4.39 Å². The van der Waals surface area contributed by atoms with Gasteiger partial charge >= 0.3 is 0 Å². The Kier molecular flexibility index (Phi) is 3.05. The highest BCUT2D eigenvalue weighted by Crippen LogP contribution is 2.36. The quantitative estimate of drug-likeness (QED) is 0.818. The molecule has 23 heavy (non-hydrogen) atoms. The lowest BCUT2D eigenvalue weighted by Gasteiger charge is -2.07. The zero-order valence-electron chi connectivity index (χ0n) is 12.3. The number of nitrogens with zero attached hydrogens (tertiary/aromatic N) is 1. The topological polar surface area (TPSA) is 66.0 Å². The van der Waals surface area contributed by atoms with E-state index in [0.29, 0.717) is 28.1 Å². The van der Waals surface area contributed by atoms with Crippen molar-refractivity contribution in [2.45, 2.75) is 25.7 Å². The molecule has 1 aliphatic heterocycles. The molecule has 1 amide bonds. The molecule has 1 aromatic carbocycles. The summed E-state index contributed by atoms with van der Waals surface area (Å²) in [6, 6.07) is 6.33. The first kappa shape index (κ1) is 13.8. The highest BCUT2D eigenvalue weighted by atomic mass is 19.1. The van der Waals surface area contributed by atoms with E-state index >= 15 is 0 Å². The lowest BCUT2D eigenvalue weighted by atomic mass is 9.94. The van der Waals surface area contributed by atoms with Gasteiger partial charge < -0.3 is 9.73 Å². The minimum absolute atomic E-state index is 0.316. The molecule has 0 radical (unpaired) electrons. The molecule has 0 saturated heterocycles. The molecule has 2 heterocycles. The fourth-order valence-electron chi connectivity index (χ4n) is 3.25. The largest absolute Gasteiger partial charge is 0.460 e. The van der Waals surface area contributed by atoms with E-state index in [0.717, 1.165) is 37.0 Å². The summed E-state index contributed by atoms with van der Waals surface area (Å²) in [5.74, 6) is 0.494. The van der Waals surface area contributed by atoms with Gasteiger partial charge in [0.05, 0.1) is 5.57 Å². The minimum atomic E-state index is -0.412. The zero-order chi connectivity index (χ0) is 16.0. The number of anilines is 1. The van der Waals surface area contributed by atoms with Crippen molar-refractivity contribution in [1.29, 1.82) is 5.26 Å². The third-order valence-electron chi connectivity index (χ3n) is 4.35. The van der Waals surface area contributed by atoms with Gasteiger partial charge in [-0.15, -0.1) is 0 Å². The molecular weight excluding hydrogens is 295 g/mol. The van der Waals surface area contributed by atoms with Crippen molar-refractivity contribution >= 4 is 23.2 Å². The first-order chi connectivity index (χ1) is 11.2. The number of aryl methyl sites for hydroxylation is 1. The van der Waals surface area contributed by atoms with Crippen LogP contribution in [0, 0.1) is 17.1 Å². The van der Waals surface area contributed by atoms with E-state index < -0.39 is 5.82 Å². The lowest BCUT2D eigenvalue weighted by molar-refractivity contribution is -0.110. The number of carbonyl (C=O) groups excluding carboxylic acids is 1. The highest BCUT2D eigenvalue weighted by Gasteiger charge is 2.27. The average Bonchev–Trinajstić information content (AvgIpc) is 3.05. The third kappa shape index (κ3) is 2.15. The summed E-state index contributed by atoms with van der Waals surface area (Å²) in [5.41, 5.74) is 2.82. The van der Waals surface area contributed by atoms with Crippen LogP contribution in [0.4, 0.5) is 10.1 Å². The van der Waals surface area contributed by atoms with Crippen molar-refractivity contribution in [3.05, 3.63) is 52.2 Å². The second-order valence-corrected chi connectivity index (χ2v) is 5.76. The smallest absolute Gasteiger partial charge is 0.256 e. The van der Waals surface area contributed by atoms with Crippen LogP contribution < -0.4 is 5.32 Å². The normalized spacial score (nSPS) is 17.6. The molecule has 0 unspecified atom stereocenters. The molecule has 0 spiro atoms. The van der Waals surface area contributed by atoms with Gasteiger partial charge in [0.15, 0.2) is 0 Å². The van der Waals surface area contributed by atoms with Crippen molar-refractivity contribution in [3.63, 3.8) is 0 Å². The van der Waals surface area contributed by atoms with Crippen LogP contribution in [-0.2, 0) is 17.6 Å². The monoisotopic (exact) mass is 308 g/mol. The molecule has 2 aliphatic rings. The maximum absolute atomic E-state index is 13.5. The number of amides is 1. The summed E-state index contributed by atoms with van der Waals surface area (Å²) < 4.78 is 19.3. The number of halogens is 1. The predicted molar refractivity (Wildman–Crippen MR) is 83.0 cm³/mol. The van der Waals surface area contributed by atoms with Crippen LogP contribution in [0.5, 0.6) is 0 Å². The number of fused-ring (bicyclic) bond motifs is 2. The van der Waals surface area contributed by atoms with Gasteiger partial charge in [0.1, 0.15) is 29.0 Å². The molecule has 4 nitrogen and oxygen atoms in total. The zero-order valence-corrected chi connectivity index (χ0v) is 12.3. The van der Waals surface area contributed by atoms with Gasteiger partial charge in [0.25, 0.3) is 5.91 Å². The molecule has 1 aliphatic carbocycles. The Bertz CT molecular complexity index is 902. The Morgan fingerprint density at radius 1 is 1.30 bits per heavy atom. The summed E-state index contributed by atoms with van der Waals surface area (Å²) in [6.07, 6.45) is 5.26. The number of hydrogen-bond donors (Lipinski definition) is 1. The molecule has 0 bridgehead atoms. The number of benzene rings is 1. The fraction of sp³-hybridized carbons (Fsp3) is 0.222. The molecule has 114 valence electrons. The number of nitriles is 1. The molecule has 0 fully saturated rings. The molecule has 0 saturated carbocycles. The third-order valence-corrected chi connectivity index (χ3v) is 4.35. The van der Waals surface area contributed by atoms with Crippen molar-refractivity contribution in [2.75, 3.05) is 5.32 Å². The van der Waals surface area contributed by atoms with E-state index in [-0.39, 0.29) is 5.91 Å². The molecular formula is C18H13FN2O2. The van der Waals surface area contributed by atoms with E-state index in [1.807, 2.05) is 0 Å². The number of rotatable bonds is 1. The van der Waals surface area contributed by atoms with Gasteiger partial charge in [-0.1, -0.05) is 0 Å². The van der Waals surface area contributed by atoms with E-state index in [1.54, 1.807) is 6.08 Å². The second-order valence-electron chi connectivity index (χ2n) is 5.76. The molecule has 2 aromatic rings. The van der Waals surface area contributed by atoms with Crippen LogP contribution in [0.2, 0.25) is 0 Å². The lowest BCUT2D eigenvalue weighted by Crippen LogP contribution is -2.03. The standard InChI is InChI=1S/C18H13FN2O2/c19-10-5-6-15-12(7-10)13(18(22)21-15)8-17-14(9-20)11-3-1-2-4-16(11)23-17/h5-8H,1-4H2,(H,21,22). The van der Waals surface area contributed by atoms with E-state index in [2.05, 4.69) is 11.4 Å². The Morgan fingerprint density at radius 3 is 2.96 bits per heavy atom. The molecule has 5 heteroatoms. The number of furan rings is 1. The Labute approximate surface area is 132 Å². The van der Waals surface area contributed by atoms with Gasteiger partial charge in [-0.2, -0.15) is 5.26 Å². The summed E-state index contributed by atoms with van der Waals surface area (Å²) in [7, 11) is 0. The summed E-state index contributed by atoms with van der Waals surface area (Å²) in [6.45, 7) is 0. The van der Waals surface area contributed by atoms with Crippen molar-refractivity contribution in [1.82, 2.24) is 0 Å². The average molecular weight is 308 g/mol. The highest BCUT2D eigenvalue weighted by molar-refractivity contribution is 6.34. The summed E-state index contributed by atoms with van der Waals surface area (Å²) >= 11 is 0.